The number of halogens is 1. The number of rotatable bonds is 4. The van der Waals surface area contributed by atoms with Crippen LogP contribution in [0.2, 0.25) is 0 Å². The lowest BCUT2D eigenvalue weighted by Gasteiger charge is -2.09. The standard InChI is InChI=1S/C15H12BrN3O5/c1-24-13-7-6-9(8-12(13)19(22)23)14(20)17-18-15(21)10-4-2-3-5-11(10)16/h2-8H,1H3,(H,17,20)(H,18,21). The highest BCUT2D eigenvalue weighted by atomic mass is 79.9. The molecule has 0 aliphatic rings. The van der Waals surface area contributed by atoms with Crippen molar-refractivity contribution in [3.8, 4) is 5.75 Å². The molecular formula is C15H12BrN3O5. The van der Waals surface area contributed by atoms with E-state index in [4.69, 9.17) is 4.74 Å². The minimum absolute atomic E-state index is 0.00919. The maximum atomic E-state index is 12.0. The Labute approximate surface area is 145 Å². The van der Waals surface area contributed by atoms with Crippen molar-refractivity contribution in [3.63, 3.8) is 0 Å². The van der Waals surface area contributed by atoms with Gasteiger partial charge in [0.25, 0.3) is 11.8 Å². The molecular weight excluding hydrogens is 382 g/mol. The first kappa shape index (κ1) is 17.4. The van der Waals surface area contributed by atoms with Gasteiger partial charge in [-0.15, -0.1) is 0 Å². The first-order valence-corrected chi connectivity index (χ1v) is 7.41. The van der Waals surface area contributed by atoms with E-state index in [1.165, 1.54) is 19.2 Å². The second kappa shape index (κ2) is 7.55. The molecule has 0 aliphatic heterocycles. The number of nitro groups is 1. The van der Waals surface area contributed by atoms with E-state index in [0.29, 0.717) is 10.0 Å². The first-order chi connectivity index (χ1) is 11.4. The van der Waals surface area contributed by atoms with Crippen molar-refractivity contribution in [2.45, 2.75) is 0 Å². The smallest absolute Gasteiger partial charge is 0.311 e. The molecule has 0 heterocycles. The van der Waals surface area contributed by atoms with Crippen molar-refractivity contribution in [2.75, 3.05) is 7.11 Å². The second-order valence-corrected chi connectivity index (χ2v) is 5.39. The molecule has 0 atom stereocenters. The van der Waals surface area contributed by atoms with Crippen LogP contribution in [0, 0.1) is 10.1 Å². The van der Waals surface area contributed by atoms with Gasteiger partial charge >= 0.3 is 5.69 Å². The van der Waals surface area contributed by atoms with E-state index < -0.39 is 16.7 Å². The molecule has 0 spiro atoms. The number of carbonyl (C=O) groups excluding carboxylic acids is 2. The van der Waals surface area contributed by atoms with Gasteiger partial charge in [-0.3, -0.25) is 30.6 Å². The summed E-state index contributed by atoms with van der Waals surface area (Å²) in [6, 6.07) is 10.4. The third kappa shape index (κ3) is 3.87. The summed E-state index contributed by atoms with van der Waals surface area (Å²) in [6.45, 7) is 0. The monoisotopic (exact) mass is 393 g/mol. The minimum atomic E-state index is -0.693. The Morgan fingerprint density at radius 1 is 1.12 bits per heavy atom. The van der Waals surface area contributed by atoms with Gasteiger partial charge < -0.3 is 4.74 Å². The first-order valence-electron chi connectivity index (χ1n) is 6.61. The number of benzene rings is 2. The van der Waals surface area contributed by atoms with Crippen molar-refractivity contribution < 1.29 is 19.2 Å². The number of amides is 2. The van der Waals surface area contributed by atoms with Crippen LogP contribution in [0.25, 0.3) is 0 Å². The summed E-state index contributed by atoms with van der Waals surface area (Å²) in [7, 11) is 1.29. The molecule has 2 aromatic rings. The molecule has 0 saturated heterocycles. The average Bonchev–Trinajstić information content (AvgIpc) is 2.59. The summed E-state index contributed by atoms with van der Waals surface area (Å²) in [5.74, 6) is -1.19. The molecule has 0 bridgehead atoms. The van der Waals surface area contributed by atoms with Gasteiger partial charge in [-0.2, -0.15) is 0 Å². The molecule has 124 valence electrons. The number of nitrogens with one attached hydrogen (secondary N) is 2. The Hall–Kier alpha value is -2.94. The number of methoxy groups -OCH3 is 1. The summed E-state index contributed by atoms with van der Waals surface area (Å²) in [6.07, 6.45) is 0. The maximum absolute atomic E-state index is 12.0. The minimum Gasteiger partial charge on any atom is -0.490 e. The van der Waals surface area contributed by atoms with E-state index >= 15 is 0 Å². The number of nitrogens with zero attached hydrogens (tertiary/aromatic N) is 1. The Morgan fingerprint density at radius 2 is 1.79 bits per heavy atom. The highest BCUT2D eigenvalue weighted by Crippen LogP contribution is 2.27. The van der Waals surface area contributed by atoms with Crippen molar-refractivity contribution in [1.82, 2.24) is 10.9 Å². The number of hydrogen-bond acceptors (Lipinski definition) is 5. The lowest BCUT2D eigenvalue weighted by atomic mass is 10.2. The van der Waals surface area contributed by atoms with Gasteiger partial charge in [0.2, 0.25) is 0 Å². The van der Waals surface area contributed by atoms with Crippen molar-refractivity contribution in [2.24, 2.45) is 0 Å². The SMILES string of the molecule is COc1ccc(C(=O)NNC(=O)c2ccccc2Br)cc1[N+](=O)[O-]. The fourth-order valence-corrected chi connectivity index (χ4v) is 2.34. The molecule has 0 fully saturated rings. The van der Waals surface area contributed by atoms with Gasteiger partial charge in [0.15, 0.2) is 5.75 Å². The number of ether oxygens (including phenoxy) is 1. The van der Waals surface area contributed by atoms with Crippen molar-refractivity contribution in [1.29, 1.82) is 0 Å². The van der Waals surface area contributed by atoms with E-state index in [-0.39, 0.29) is 17.0 Å². The van der Waals surface area contributed by atoms with Crippen molar-refractivity contribution in [3.05, 3.63) is 68.2 Å². The highest BCUT2D eigenvalue weighted by Gasteiger charge is 2.18. The number of hydrogen-bond donors (Lipinski definition) is 2. The number of hydrazine groups is 1. The summed E-state index contributed by atoms with van der Waals surface area (Å²) in [5.41, 5.74) is 4.45. The van der Waals surface area contributed by atoms with Gasteiger partial charge in [0.1, 0.15) is 0 Å². The van der Waals surface area contributed by atoms with Gasteiger partial charge in [-0.05, 0) is 40.2 Å². The van der Waals surface area contributed by atoms with Gasteiger partial charge in [0.05, 0.1) is 17.6 Å². The largest absolute Gasteiger partial charge is 0.490 e. The Balaban J connectivity index is 2.10. The average molecular weight is 394 g/mol. The zero-order valence-corrected chi connectivity index (χ0v) is 14.0. The fraction of sp³-hybridized carbons (Fsp3) is 0.0667. The van der Waals surface area contributed by atoms with Crippen LogP contribution in [-0.4, -0.2) is 23.8 Å². The van der Waals surface area contributed by atoms with Crippen LogP contribution in [-0.2, 0) is 0 Å². The predicted octanol–water partition coefficient (Wildman–Crippen LogP) is 2.44. The number of nitro benzene ring substituents is 1. The molecule has 0 radical (unpaired) electrons. The number of carbonyl (C=O) groups is 2. The lowest BCUT2D eigenvalue weighted by Crippen LogP contribution is -2.41. The van der Waals surface area contributed by atoms with E-state index in [2.05, 4.69) is 26.8 Å². The van der Waals surface area contributed by atoms with E-state index in [9.17, 15) is 19.7 Å². The summed E-state index contributed by atoms with van der Waals surface area (Å²) in [5, 5.41) is 11.0. The van der Waals surface area contributed by atoms with E-state index in [0.717, 1.165) is 6.07 Å². The molecule has 8 nitrogen and oxygen atoms in total. The highest BCUT2D eigenvalue weighted by molar-refractivity contribution is 9.10. The van der Waals surface area contributed by atoms with Crippen LogP contribution in [0.3, 0.4) is 0 Å². The molecule has 2 rings (SSSR count). The third-order valence-corrected chi connectivity index (χ3v) is 3.74. The molecule has 0 aliphatic carbocycles. The summed E-state index contributed by atoms with van der Waals surface area (Å²) in [4.78, 5) is 34.3. The van der Waals surface area contributed by atoms with E-state index in [1.807, 2.05) is 0 Å². The van der Waals surface area contributed by atoms with Crippen LogP contribution >= 0.6 is 15.9 Å². The van der Waals surface area contributed by atoms with E-state index in [1.54, 1.807) is 24.3 Å². The Kier molecular flexibility index (Phi) is 5.48. The third-order valence-electron chi connectivity index (χ3n) is 3.05. The van der Waals surface area contributed by atoms with Crippen LogP contribution < -0.4 is 15.6 Å². The van der Waals surface area contributed by atoms with Gasteiger partial charge in [-0.1, -0.05) is 12.1 Å². The molecule has 2 amide bonds. The normalized spacial score (nSPS) is 9.92. The van der Waals surface area contributed by atoms with Gasteiger partial charge in [-0.25, -0.2) is 0 Å². The molecule has 0 saturated carbocycles. The molecule has 9 heteroatoms. The molecule has 24 heavy (non-hydrogen) atoms. The van der Waals surface area contributed by atoms with Gasteiger partial charge in [0, 0.05) is 16.1 Å². The van der Waals surface area contributed by atoms with Crippen molar-refractivity contribution >= 4 is 33.4 Å². The molecule has 0 aromatic heterocycles. The summed E-state index contributed by atoms with van der Waals surface area (Å²) >= 11 is 3.23. The maximum Gasteiger partial charge on any atom is 0.311 e. The van der Waals surface area contributed by atoms with Crippen LogP contribution in [0.5, 0.6) is 5.75 Å². The topological polar surface area (TPSA) is 111 Å². The predicted molar refractivity (Wildman–Crippen MR) is 88.7 cm³/mol. The molecule has 0 unspecified atom stereocenters. The Morgan fingerprint density at radius 3 is 2.42 bits per heavy atom. The quantitative estimate of drug-likeness (QED) is 0.612. The Bertz CT molecular complexity index is 809. The lowest BCUT2D eigenvalue weighted by molar-refractivity contribution is -0.385. The zero-order valence-electron chi connectivity index (χ0n) is 12.4. The molecule has 2 N–H and O–H groups in total. The second-order valence-electron chi connectivity index (χ2n) is 4.53. The fourth-order valence-electron chi connectivity index (χ4n) is 1.87. The van der Waals surface area contributed by atoms with Crippen LogP contribution in [0.15, 0.2) is 46.9 Å². The summed E-state index contributed by atoms with van der Waals surface area (Å²) < 4.78 is 5.43. The van der Waals surface area contributed by atoms with Crippen LogP contribution in [0.4, 0.5) is 5.69 Å². The van der Waals surface area contributed by atoms with Crippen LogP contribution in [0.1, 0.15) is 20.7 Å². The molecule has 2 aromatic carbocycles. The zero-order chi connectivity index (χ0) is 17.7.